The van der Waals surface area contributed by atoms with Crippen LogP contribution in [0.4, 0.5) is 8.78 Å². The summed E-state index contributed by atoms with van der Waals surface area (Å²) in [6, 6.07) is 3.16. The number of rotatable bonds is 6. The van der Waals surface area contributed by atoms with Gasteiger partial charge in [0.05, 0.1) is 0 Å². The van der Waals surface area contributed by atoms with Crippen molar-refractivity contribution in [1.82, 2.24) is 20.5 Å². The molecule has 0 unspecified atom stereocenters. The molecule has 24 heavy (non-hydrogen) atoms. The summed E-state index contributed by atoms with van der Waals surface area (Å²) >= 11 is 0. The van der Waals surface area contributed by atoms with Crippen molar-refractivity contribution in [2.45, 2.75) is 26.7 Å². The minimum Gasteiger partial charge on any atom is -0.356 e. The molecule has 1 aromatic heterocycles. The number of hydrogen-bond acceptors (Lipinski definition) is 4. The molecule has 0 bridgehead atoms. The van der Waals surface area contributed by atoms with E-state index in [1.165, 1.54) is 6.07 Å². The SMILES string of the molecule is CC(C)CNC(=O)CCc1nnc(-c2ccc(F)c(F)c2)[nH]c1=O. The molecule has 0 saturated heterocycles. The lowest BCUT2D eigenvalue weighted by Gasteiger charge is -2.07. The molecule has 0 atom stereocenters. The lowest BCUT2D eigenvalue weighted by molar-refractivity contribution is -0.121. The number of benzene rings is 1. The minimum atomic E-state index is -1.04. The molecule has 6 nitrogen and oxygen atoms in total. The van der Waals surface area contributed by atoms with Crippen LogP contribution in [0.3, 0.4) is 0 Å². The van der Waals surface area contributed by atoms with E-state index in [1.807, 2.05) is 13.8 Å². The number of aryl methyl sites for hydroxylation is 1. The molecular formula is C16H18F2N4O2. The van der Waals surface area contributed by atoms with Gasteiger partial charge < -0.3 is 10.3 Å². The summed E-state index contributed by atoms with van der Waals surface area (Å²) in [6.07, 6.45) is 0.263. The van der Waals surface area contributed by atoms with Crippen molar-refractivity contribution in [2.75, 3.05) is 6.54 Å². The van der Waals surface area contributed by atoms with Crippen molar-refractivity contribution < 1.29 is 13.6 Å². The molecule has 1 heterocycles. The monoisotopic (exact) mass is 336 g/mol. The summed E-state index contributed by atoms with van der Waals surface area (Å²) in [6.45, 7) is 4.52. The summed E-state index contributed by atoms with van der Waals surface area (Å²) in [5.74, 6) is -1.83. The predicted molar refractivity (Wildman–Crippen MR) is 84.2 cm³/mol. The van der Waals surface area contributed by atoms with Crippen LogP contribution in [0.5, 0.6) is 0 Å². The quantitative estimate of drug-likeness (QED) is 0.842. The Balaban J connectivity index is 2.05. The number of carbonyl (C=O) groups is 1. The molecule has 0 aliphatic heterocycles. The second-order valence-electron chi connectivity index (χ2n) is 5.78. The number of carbonyl (C=O) groups excluding carboxylic acids is 1. The van der Waals surface area contributed by atoms with Crippen LogP contribution in [-0.4, -0.2) is 27.6 Å². The van der Waals surface area contributed by atoms with Crippen molar-refractivity contribution in [3.8, 4) is 11.4 Å². The van der Waals surface area contributed by atoms with Gasteiger partial charge in [-0.25, -0.2) is 8.78 Å². The van der Waals surface area contributed by atoms with Gasteiger partial charge in [0, 0.05) is 24.9 Å². The average Bonchev–Trinajstić information content (AvgIpc) is 2.54. The fourth-order valence-electron chi connectivity index (χ4n) is 1.94. The first kappa shape index (κ1) is 17.7. The van der Waals surface area contributed by atoms with Crippen LogP contribution in [0, 0.1) is 17.6 Å². The topological polar surface area (TPSA) is 87.7 Å². The molecule has 0 aliphatic rings. The van der Waals surface area contributed by atoms with Gasteiger partial charge in [0.2, 0.25) is 5.91 Å². The number of aromatic amines is 1. The van der Waals surface area contributed by atoms with Gasteiger partial charge in [0.1, 0.15) is 5.69 Å². The summed E-state index contributed by atoms with van der Waals surface area (Å²) in [4.78, 5) is 26.1. The second kappa shape index (κ2) is 7.76. The second-order valence-corrected chi connectivity index (χ2v) is 5.78. The first-order chi connectivity index (χ1) is 11.4. The number of nitrogens with zero attached hydrogens (tertiary/aromatic N) is 2. The van der Waals surface area contributed by atoms with E-state index in [0.29, 0.717) is 12.5 Å². The van der Waals surface area contributed by atoms with E-state index in [2.05, 4.69) is 20.5 Å². The van der Waals surface area contributed by atoms with Crippen LogP contribution < -0.4 is 10.9 Å². The molecule has 2 N–H and O–H groups in total. The zero-order chi connectivity index (χ0) is 17.7. The van der Waals surface area contributed by atoms with Crippen LogP contribution in [0.25, 0.3) is 11.4 Å². The molecule has 2 aromatic rings. The van der Waals surface area contributed by atoms with E-state index in [1.54, 1.807) is 0 Å². The van der Waals surface area contributed by atoms with E-state index in [0.717, 1.165) is 12.1 Å². The van der Waals surface area contributed by atoms with Crippen LogP contribution >= 0.6 is 0 Å². The fraction of sp³-hybridized carbons (Fsp3) is 0.375. The molecule has 1 amide bonds. The van der Waals surface area contributed by atoms with E-state index >= 15 is 0 Å². The van der Waals surface area contributed by atoms with Crippen LogP contribution in [0.1, 0.15) is 26.0 Å². The maximum Gasteiger partial charge on any atom is 0.273 e. The Morgan fingerprint density at radius 1 is 1.25 bits per heavy atom. The molecule has 0 radical (unpaired) electrons. The van der Waals surface area contributed by atoms with E-state index in [-0.39, 0.29) is 35.8 Å². The Morgan fingerprint density at radius 2 is 2.00 bits per heavy atom. The zero-order valence-corrected chi connectivity index (χ0v) is 13.4. The van der Waals surface area contributed by atoms with Gasteiger partial charge in [-0.2, -0.15) is 0 Å². The fourth-order valence-corrected chi connectivity index (χ4v) is 1.94. The van der Waals surface area contributed by atoms with E-state index in [4.69, 9.17) is 0 Å². The van der Waals surface area contributed by atoms with Crippen molar-refractivity contribution in [3.05, 3.63) is 45.9 Å². The number of nitrogens with one attached hydrogen (secondary N) is 2. The Bertz CT molecular complexity index is 790. The molecule has 0 fully saturated rings. The number of halogens is 2. The first-order valence-corrected chi connectivity index (χ1v) is 7.55. The summed E-state index contributed by atoms with van der Waals surface area (Å²) in [5, 5.41) is 10.3. The van der Waals surface area contributed by atoms with Crippen molar-refractivity contribution in [2.24, 2.45) is 5.92 Å². The maximum absolute atomic E-state index is 13.2. The predicted octanol–water partition coefficient (Wildman–Crippen LogP) is 1.81. The van der Waals surface area contributed by atoms with Gasteiger partial charge in [-0.05, 0) is 24.1 Å². The Kier molecular flexibility index (Phi) is 5.73. The van der Waals surface area contributed by atoms with Crippen molar-refractivity contribution in [3.63, 3.8) is 0 Å². The number of aromatic nitrogens is 3. The number of H-pyrrole nitrogens is 1. The minimum absolute atomic E-state index is 0.0342. The normalized spacial score (nSPS) is 10.9. The third kappa shape index (κ3) is 4.68. The smallest absolute Gasteiger partial charge is 0.273 e. The highest BCUT2D eigenvalue weighted by Crippen LogP contribution is 2.16. The zero-order valence-electron chi connectivity index (χ0n) is 13.4. The Hall–Kier alpha value is -2.64. The molecule has 128 valence electrons. The molecular weight excluding hydrogens is 318 g/mol. The van der Waals surface area contributed by atoms with Gasteiger partial charge in [0.25, 0.3) is 5.56 Å². The van der Waals surface area contributed by atoms with Gasteiger partial charge >= 0.3 is 0 Å². The van der Waals surface area contributed by atoms with Crippen LogP contribution in [0.2, 0.25) is 0 Å². The number of hydrogen-bond donors (Lipinski definition) is 2. The standard InChI is InChI=1S/C16H18F2N4O2/c1-9(2)8-19-14(23)6-5-13-16(24)20-15(22-21-13)10-3-4-11(17)12(18)7-10/h3-4,7,9H,5-6,8H2,1-2H3,(H,19,23)(H,20,22,24). The molecule has 0 aliphatic carbocycles. The summed E-state index contributed by atoms with van der Waals surface area (Å²) in [5.41, 5.74) is -0.192. The first-order valence-electron chi connectivity index (χ1n) is 7.55. The van der Waals surface area contributed by atoms with Crippen molar-refractivity contribution >= 4 is 5.91 Å². The average molecular weight is 336 g/mol. The third-order valence-electron chi connectivity index (χ3n) is 3.25. The van der Waals surface area contributed by atoms with Gasteiger partial charge in [-0.1, -0.05) is 13.8 Å². The molecule has 2 rings (SSSR count). The lowest BCUT2D eigenvalue weighted by atomic mass is 10.2. The van der Waals surface area contributed by atoms with Gasteiger partial charge in [-0.3, -0.25) is 9.59 Å². The van der Waals surface area contributed by atoms with Crippen LogP contribution in [-0.2, 0) is 11.2 Å². The highest BCUT2D eigenvalue weighted by molar-refractivity contribution is 5.76. The lowest BCUT2D eigenvalue weighted by Crippen LogP contribution is -2.28. The third-order valence-corrected chi connectivity index (χ3v) is 3.25. The highest BCUT2D eigenvalue weighted by Gasteiger charge is 2.11. The van der Waals surface area contributed by atoms with Crippen molar-refractivity contribution in [1.29, 1.82) is 0 Å². The molecule has 0 spiro atoms. The molecule has 8 heteroatoms. The maximum atomic E-state index is 13.2. The number of amides is 1. The Morgan fingerprint density at radius 3 is 2.62 bits per heavy atom. The summed E-state index contributed by atoms with van der Waals surface area (Å²) < 4.78 is 26.1. The van der Waals surface area contributed by atoms with Gasteiger partial charge in [-0.15, -0.1) is 10.2 Å². The largest absolute Gasteiger partial charge is 0.356 e. The highest BCUT2D eigenvalue weighted by atomic mass is 19.2. The van der Waals surface area contributed by atoms with Gasteiger partial charge in [0.15, 0.2) is 17.5 Å². The van der Waals surface area contributed by atoms with E-state index in [9.17, 15) is 18.4 Å². The summed E-state index contributed by atoms with van der Waals surface area (Å²) in [7, 11) is 0. The van der Waals surface area contributed by atoms with Crippen LogP contribution in [0.15, 0.2) is 23.0 Å². The molecule has 1 aromatic carbocycles. The Labute approximate surface area is 137 Å². The molecule has 0 saturated carbocycles. The van der Waals surface area contributed by atoms with E-state index < -0.39 is 17.2 Å².